The summed E-state index contributed by atoms with van der Waals surface area (Å²) in [7, 11) is 0. The Balaban J connectivity index is 0.00000161. The normalized spacial score (nSPS) is 15.0. The number of nitrogens with zero attached hydrogens (tertiary/aromatic N) is 1. The predicted molar refractivity (Wildman–Crippen MR) is 73.1 cm³/mol. The van der Waals surface area contributed by atoms with Gasteiger partial charge in [0.1, 0.15) is 17.9 Å². The average molecular weight is 297 g/mol. The van der Waals surface area contributed by atoms with E-state index < -0.39 is 5.63 Å². The molecule has 1 fully saturated rings. The fourth-order valence-corrected chi connectivity index (χ4v) is 2.50. The summed E-state index contributed by atoms with van der Waals surface area (Å²) in [6.07, 6.45) is 2.51. The van der Waals surface area contributed by atoms with Crippen molar-refractivity contribution in [2.45, 2.75) is 12.8 Å². The Labute approximate surface area is 144 Å². The molecule has 0 atom stereocenters. The maximum absolute atomic E-state index is 11.6. The minimum absolute atomic E-state index is 0. The van der Waals surface area contributed by atoms with Gasteiger partial charge in [-0.2, -0.15) is 0 Å². The van der Waals surface area contributed by atoms with E-state index in [1.807, 2.05) is 0 Å². The molecule has 0 spiro atoms. The Morgan fingerprint density at radius 2 is 2.00 bits per heavy atom. The fourth-order valence-electron chi connectivity index (χ4n) is 2.50. The smallest absolute Gasteiger partial charge is 0.872 e. The summed E-state index contributed by atoms with van der Waals surface area (Å²) in [6, 6.07) is 5.91. The molecule has 5 nitrogen and oxygen atoms in total. The van der Waals surface area contributed by atoms with Crippen molar-refractivity contribution >= 4 is 11.0 Å². The molecule has 2 heterocycles. The van der Waals surface area contributed by atoms with Gasteiger partial charge in [0.15, 0.2) is 0 Å². The summed E-state index contributed by atoms with van der Waals surface area (Å²) in [5.41, 5.74) is -0.349. The van der Waals surface area contributed by atoms with Crippen LogP contribution in [-0.2, 0) is 0 Å². The minimum Gasteiger partial charge on any atom is -0.872 e. The van der Waals surface area contributed by atoms with Gasteiger partial charge in [0.05, 0.1) is 0 Å². The summed E-state index contributed by atoms with van der Waals surface area (Å²) in [5, 5.41) is 12.0. The van der Waals surface area contributed by atoms with Gasteiger partial charge in [-0.3, -0.25) is 4.90 Å². The Morgan fingerprint density at radius 3 is 2.76 bits per heavy atom. The largest absolute Gasteiger partial charge is 1.00 e. The Morgan fingerprint density at radius 1 is 1.24 bits per heavy atom. The molecule has 1 saturated heterocycles. The van der Waals surface area contributed by atoms with Crippen molar-refractivity contribution in [2.24, 2.45) is 0 Å². The molecule has 6 heteroatoms. The second kappa shape index (κ2) is 7.31. The number of hydrogen-bond acceptors (Lipinski definition) is 5. The molecule has 0 N–H and O–H groups in total. The topological polar surface area (TPSA) is 65.7 Å². The molecular weight excluding hydrogens is 281 g/mol. The summed E-state index contributed by atoms with van der Waals surface area (Å²) < 4.78 is 10.7. The van der Waals surface area contributed by atoms with E-state index in [9.17, 15) is 9.90 Å². The molecule has 0 unspecified atom stereocenters. The molecule has 106 valence electrons. The SMILES string of the molecule is O=c1cc([O-])c2ccc(OCCN3CCCC3)cc2o1.[Na+]. The zero-order valence-electron chi connectivity index (χ0n) is 12.1. The van der Waals surface area contributed by atoms with Gasteiger partial charge in [0.2, 0.25) is 0 Å². The van der Waals surface area contributed by atoms with Gasteiger partial charge in [-0.1, -0.05) is 5.75 Å². The number of hydrogen-bond donors (Lipinski definition) is 0. The number of ether oxygens (including phenoxy) is 1. The summed E-state index contributed by atoms with van der Waals surface area (Å²) >= 11 is 0. The molecule has 1 aromatic heterocycles. The Hall–Kier alpha value is -1.01. The quantitative estimate of drug-likeness (QED) is 0.499. The molecule has 0 radical (unpaired) electrons. The van der Waals surface area contributed by atoms with E-state index in [1.54, 1.807) is 18.2 Å². The standard InChI is InChI=1S/C15H17NO4.Na/c17-13-10-15(18)20-14-9-11(3-4-12(13)14)19-8-7-16-5-1-2-6-16;/h3-4,9-10,17H,1-2,5-8H2;/q;+1/p-1. The van der Waals surface area contributed by atoms with Crippen LogP contribution in [0.3, 0.4) is 0 Å². The Bertz CT molecular complexity index is 664. The van der Waals surface area contributed by atoms with Crippen molar-refractivity contribution in [2.75, 3.05) is 26.2 Å². The molecule has 0 aliphatic carbocycles. The molecule has 0 amide bonds. The second-order valence-corrected chi connectivity index (χ2v) is 4.98. The monoisotopic (exact) mass is 297 g/mol. The average Bonchev–Trinajstić information content (AvgIpc) is 2.91. The maximum atomic E-state index is 11.6. The first kappa shape index (κ1) is 16.4. The van der Waals surface area contributed by atoms with Crippen LogP contribution in [0.5, 0.6) is 11.5 Å². The number of likely N-dealkylation sites (tertiary alicyclic amines) is 1. The fraction of sp³-hybridized carbons (Fsp3) is 0.400. The zero-order valence-corrected chi connectivity index (χ0v) is 14.1. The van der Waals surface area contributed by atoms with Crippen LogP contribution in [-0.4, -0.2) is 31.1 Å². The van der Waals surface area contributed by atoms with Crippen LogP contribution in [0.15, 0.2) is 33.5 Å². The van der Waals surface area contributed by atoms with Gasteiger partial charge in [0.25, 0.3) is 0 Å². The van der Waals surface area contributed by atoms with Crippen molar-refractivity contribution in [3.8, 4) is 11.5 Å². The first-order valence-electron chi connectivity index (χ1n) is 6.82. The van der Waals surface area contributed by atoms with Gasteiger partial charge in [-0.15, -0.1) is 0 Å². The summed E-state index contributed by atoms with van der Waals surface area (Å²) in [4.78, 5) is 13.5. The first-order valence-corrected chi connectivity index (χ1v) is 6.82. The summed E-state index contributed by atoms with van der Waals surface area (Å²) in [5.74, 6) is 0.297. The van der Waals surface area contributed by atoms with Crippen molar-refractivity contribution in [3.63, 3.8) is 0 Å². The summed E-state index contributed by atoms with van der Waals surface area (Å²) in [6.45, 7) is 3.75. The van der Waals surface area contributed by atoms with Crippen molar-refractivity contribution in [1.29, 1.82) is 0 Å². The van der Waals surface area contributed by atoms with Gasteiger partial charge < -0.3 is 14.3 Å². The van der Waals surface area contributed by atoms with Gasteiger partial charge >= 0.3 is 35.2 Å². The zero-order chi connectivity index (χ0) is 13.9. The molecule has 0 saturated carbocycles. The van der Waals surface area contributed by atoms with Gasteiger partial charge in [0, 0.05) is 24.1 Å². The molecule has 0 bridgehead atoms. The van der Waals surface area contributed by atoms with E-state index in [0.29, 0.717) is 17.7 Å². The van der Waals surface area contributed by atoms with E-state index in [1.165, 1.54) is 12.8 Å². The van der Waals surface area contributed by atoms with E-state index in [-0.39, 0.29) is 40.9 Å². The molecule has 2 aromatic rings. The van der Waals surface area contributed by atoms with Gasteiger partial charge in [-0.05, 0) is 38.1 Å². The number of benzene rings is 1. The van der Waals surface area contributed by atoms with Crippen LogP contribution in [0.25, 0.3) is 11.0 Å². The van der Waals surface area contributed by atoms with Crippen LogP contribution in [0.2, 0.25) is 0 Å². The van der Waals surface area contributed by atoms with Crippen molar-refractivity contribution in [1.82, 2.24) is 4.90 Å². The molecule has 3 rings (SSSR count). The minimum atomic E-state index is -0.628. The Kier molecular flexibility index (Phi) is 5.70. The van der Waals surface area contributed by atoms with Crippen LogP contribution in [0.1, 0.15) is 12.8 Å². The molecule has 1 aliphatic rings. The van der Waals surface area contributed by atoms with E-state index >= 15 is 0 Å². The molecule has 21 heavy (non-hydrogen) atoms. The van der Waals surface area contributed by atoms with Crippen LogP contribution < -0.4 is 45.0 Å². The van der Waals surface area contributed by atoms with Crippen LogP contribution in [0.4, 0.5) is 0 Å². The van der Waals surface area contributed by atoms with Crippen LogP contribution >= 0.6 is 0 Å². The van der Waals surface area contributed by atoms with Crippen LogP contribution in [0, 0.1) is 0 Å². The number of rotatable bonds is 4. The van der Waals surface area contributed by atoms with E-state index in [4.69, 9.17) is 9.15 Å². The predicted octanol–water partition coefficient (Wildman–Crippen LogP) is -1.65. The molecule has 1 aromatic carbocycles. The van der Waals surface area contributed by atoms with E-state index in [0.717, 1.165) is 25.7 Å². The van der Waals surface area contributed by atoms with Crippen molar-refractivity contribution < 1.29 is 43.8 Å². The first-order chi connectivity index (χ1) is 9.72. The van der Waals surface area contributed by atoms with E-state index in [2.05, 4.69) is 4.90 Å². The van der Waals surface area contributed by atoms with Gasteiger partial charge in [-0.25, -0.2) is 4.79 Å². The third-order valence-electron chi connectivity index (χ3n) is 3.55. The maximum Gasteiger partial charge on any atom is 1.00 e. The molecule has 1 aliphatic heterocycles. The molecular formula is C15H16NNaO4. The third kappa shape index (κ3) is 4.01. The second-order valence-electron chi connectivity index (χ2n) is 4.98. The third-order valence-corrected chi connectivity index (χ3v) is 3.55. The van der Waals surface area contributed by atoms with Crippen molar-refractivity contribution in [3.05, 3.63) is 34.7 Å². The number of fused-ring (bicyclic) bond motifs is 1.